The van der Waals surface area contributed by atoms with E-state index in [1.807, 2.05) is 36.4 Å². The summed E-state index contributed by atoms with van der Waals surface area (Å²) in [5.41, 5.74) is 3.97. The largest absolute Gasteiger partial charge is 0.416 e. The molecule has 1 N–H and O–H groups in total. The zero-order valence-electron chi connectivity index (χ0n) is 16.6. The highest BCUT2D eigenvalue weighted by atomic mass is 35.5. The third-order valence-corrected chi connectivity index (χ3v) is 5.87. The summed E-state index contributed by atoms with van der Waals surface area (Å²) in [6, 6.07) is 15.3. The number of aromatic nitrogens is 2. The van der Waals surface area contributed by atoms with Gasteiger partial charge in [0.25, 0.3) is 5.79 Å². The Balaban J connectivity index is 1.72. The molecule has 3 heterocycles. The second kappa shape index (κ2) is 7.83. The second-order valence-corrected chi connectivity index (χ2v) is 7.95. The summed E-state index contributed by atoms with van der Waals surface area (Å²) in [5, 5.41) is 8.28. The molecule has 0 aliphatic carbocycles. The number of halogens is 1. The fourth-order valence-corrected chi connectivity index (χ4v) is 4.45. The van der Waals surface area contributed by atoms with E-state index in [0.29, 0.717) is 29.2 Å². The molecule has 0 saturated carbocycles. The number of nitrogens with zero attached hydrogens (tertiary/aromatic N) is 2. The maximum atomic E-state index is 12.3. The van der Waals surface area contributed by atoms with Gasteiger partial charge in [0.2, 0.25) is 0 Å². The van der Waals surface area contributed by atoms with Gasteiger partial charge >= 0.3 is 11.9 Å². The molecular formula is C23H20ClN3O4. The van der Waals surface area contributed by atoms with E-state index in [1.54, 1.807) is 23.0 Å². The third kappa shape index (κ3) is 3.49. The maximum Gasteiger partial charge on any atom is 0.309 e. The van der Waals surface area contributed by atoms with Gasteiger partial charge in [0, 0.05) is 11.1 Å². The highest BCUT2D eigenvalue weighted by Crippen LogP contribution is 2.40. The van der Waals surface area contributed by atoms with Crippen LogP contribution in [0.2, 0.25) is 5.02 Å². The number of esters is 2. The lowest BCUT2D eigenvalue weighted by molar-refractivity contribution is -0.225. The minimum atomic E-state index is -1.53. The molecule has 1 aromatic heterocycles. The minimum absolute atomic E-state index is 0.00627. The molecule has 0 amide bonds. The van der Waals surface area contributed by atoms with Crippen LogP contribution in [0.1, 0.15) is 24.0 Å². The van der Waals surface area contributed by atoms with Gasteiger partial charge in [-0.3, -0.25) is 9.59 Å². The predicted octanol–water partition coefficient (Wildman–Crippen LogP) is 3.37. The van der Waals surface area contributed by atoms with Crippen molar-refractivity contribution in [2.75, 3.05) is 13.1 Å². The van der Waals surface area contributed by atoms with Crippen molar-refractivity contribution in [1.29, 1.82) is 0 Å². The zero-order chi connectivity index (χ0) is 21.4. The summed E-state index contributed by atoms with van der Waals surface area (Å²) >= 11 is 6.69. The number of ether oxygens (including phenoxy) is 2. The molecule has 7 nitrogen and oxygen atoms in total. The van der Waals surface area contributed by atoms with Crippen LogP contribution < -0.4 is 5.32 Å². The van der Waals surface area contributed by atoms with Gasteiger partial charge in [0.1, 0.15) is 0 Å². The molecular weight excluding hydrogens is 418 g/mol. The Morgan fingerprint density at radius 3 is 2.45 bits per heavy atom. The summed E-state index contributed by atoms with van der Waals surface area (Å²) in [4.78, 5) is 24.6. The van der Waals surface area contributed by atoms with E-state index in [-0.39, 0.29) is 19.4 Å². The number of rotatable bonds is 2. The zero-order valence-corrected chi connectivity index (χ0v) is 17.4. The fourth-order valence-electron chi connectivity index (χ4n) is 4.19. The molecule has 2 aliphatic heterocycles. The molecule has 158 valence electrons. The van der Waals surface area contributed by atoms with Crippen LogP contribution in [0.25, 0.3) is 16.9 Å². The van der Waals surface area contributed by atoms with Crippen LogP contribution in [0.3, 0.4) is 0 Å². The molecule has 1 spiro atoms. The van der Waals surface area contributed by atoms with Crippen LogP contribution in [-0.4, -0.2) is 34.8 Å². The van der Waals surface area contributed by atoms with Crippen molar-refractivity contribution in [3.05, 3.63) is 70.9 Å². The number of carbonyl (C=O) groups excluding carboxylic acids is 2. The molecule has 3 aromatic rings. The summed E-state index contributed by atoms with van der Waals surface area (Å²) in [6.07, 6.45) is 2.30. The molecule has 5 rings (SSSR count). The lowest BCUT2D eigenvalue weighted by atomic mass is 9.96. The van der Waals surface area contributed by atoms with Crippen LogP contribution in [-0.2, 0) is 31.3 Å². The summed E-state index contributed by atoms with van der Waals surface area (Å²) in [5.74, 6) is -2.47. The van der Waals surface area contributed by atoms with Gasteiger partial charge in [-0.25, -0.2) is 4.68 Å². The summed E-state index contributed by atoms with van der Waals surface area (Å²) in [7, 11) is 0. The molecule has 0 radical (unpaired) electrons. The average Bonchev–Trinajstić information content (AvgIpc) is 3.11. The molecule has 8 heteroatoms. The van der Waals surface area contributed by atoms with Gasteiger partial charge in [-0.1, -0.05) is 41.9 Å². The smallest absolute Gasteiger partial charge is 0.309 e. The van der Waals surface area contributed by atoms with E-state index in [0.717, 1.165) is 16.8 Å². The fraction of sp³-hybridized carbons (Fsp3) is 0.261. The number of carbonyl (C=O) groups is 2. The quantitative estimate of drug-likeness (QED) is 0.619. The maximum absolute atomic E-state index is 12.3. The van der Waals surface area contributed by atoms with Crippen molar-refractivity contribution in [1.82, 2.24) is 15.1 Å². The third-order valence-electron chi connectivity index (χ3n) is 5.57. The molecule has 0 bridgehead atoms. The van der Waals surface area contributed by atoms with Gasteiger partial charge in [-0.05, 0) is 36.7 Å². The van der Waals surface area contributed by atoms with Crippen molar-refractivity contribution in [2.45, 2.75) is 25.0 Å². The van der Waals surface area contributed by atoms with Crippen molar-refractivity contribution in [3.8, 4) is 16.9 Å². The first-order valence-corrected chi connectivity index (χ1v) is 10.5. The van der Waals surface area contributed by atoms with Crippen LogP contribution in [0.4, 0.5) is 0 Å². The van der Waals surface area contributed by atoms with E-state index in [4.69, 9.17) is 21.1 Å². The Morgan fingerprint density at radius 1 is 0.968 bits per heavy atom. The Labute approximate surface area is 183 Å². The monoisotopic (exact) mass is 437 g/mol. The number of benzene rings is 2. The molecule has 0 unspecified atom stereocenters. The Morgan fingerprint density at radius 2 is 1.71 bits per heavy atom. The lowest BCUT2D eigenvalue weighted by Gasteiger charge is -2.32. The Kier molecular flexibility index (Phi) is 5.00. The summed E-state index contributed by atoms with van der Waals surface area (Å²) < 4.78 is 13.2. The van der Waals surface area contributed by atoms with Gasteiger partial charge in [0.15, 0.2) is 0 Å². The Bertz CT molecular complexity index is 1140. The number of nitrogens with one attached hydrogen (secondary N) is 1. The summed E-state index contributed by atoms with van der Waals surface area (Å²) in [6.45, 7) is 0.766. The van der Waals surface area contributed by atoms with E-state index in [1.165, 1.54) is 0 Å². The number of fused-ring (bicyclic) bond motifs is 2. The standard InChI is InChI=1S/C23H20ClN3O4/c24-18-7-6-17-16(10-12-25-14-23(17)30-20(28)8-9-21(29)31-23)22(18)27-19(11-13-26-27)15-4-2-1-3-5-15/h1-7,11,13,25H,8-10,12,14H2. The van der Waals surface area contributed by atoms with Gasteiger partial charge in [-0.2, -0.15) is 5.10 Å². The normalized spacial score (nSPS) is 18.0. The van der Waals surface area contributed by atoms with Crippen molar-refractivity contribution >= 4 is 23.5 Å². The molecule has 31 heavy (non-hydrogen) atoms. The first kappa shape index (κ1) is 19.8. The number of hydrogen-bond donors (Lipinski definition) is 1. The predicted molar refractivity (Wildman–Crippen MR) is 114 cm³/mol. The lowest BCUT2D eigenvalue weighted by Crippen LogP contribution is -2.43. The second-order valence-electron chi connectivity index (χ2n) is 7.54. The first-order chi connectivity index (χ1) is 15.1. The first-order valence-electron chi connectivity index (χ1n) is 10.1. The van der Waals surface area contributed by atoms with Crippen molar-refractivity contribution < 1.29 is 19.1 Å². The van der Waals surface area contributed by atoms with E-state index in [2.05, 4.69) is 10.4 Å². The Hall–Kier alpha value is -3.16. The minimum Gasteiger partial charge on any atom is -0.416 e. The number of hydrogen-bond acceptors (Lipinski definition) is 6. The van der Waals surface area contributed by atoms with E-state index < -0.39 is 17.7 Å². The molecule has 2 aromatic carbocycles. The molecule has 1 fully saturated rings. The van der Waals surface area contributed by atoms with E-state index in [9.17, 15) is 9.59 Å². The van der Waals surface area contributed by atoms with Crippen LogP contribution in [0.15, 0.2) is 54.7 Å². The van der Waals surface area contributed by atoms with Gasteiger partial charge in [-0.15, -0.1) is 0 Å². The van der Waals surface area contributed by atoms with Crippen LogP contribution >= 0.6 is 11.6 Å². The topological polar surface area (TPSA) is 82.5 Å². The highest BCUT2D eigenvalue weighted by molar-refractivity contribution is 6.32. The van der Waals surface area contributed by atoms with Gasteiger partial charge in [0.05, 0.1) is 42.0 Å². The van der Waals surface area contributed by atoms with E-state index >= 15 is 0 Å². The van der Waals surface area contributed by atoms with Crippen molar-refractivity contribution in [2.24, 2.45) is 0 Å². The molecule has 2 aliphatic rings. The van der Waals surface area contributed by atoms with Gasteiger partial charge < -0.3 is 14.8 Å². The van der Waals surface area contributed by atoms with Crippen LogP contribution in [0.5, 0.6) is 0 Å². The van der Waals surface area contributed by atoms with Crippen LogP contribution in [0, 0.1) is 0 Å². The molecule has 0 atom stereocenters. The molecule has 1 saturated heterocycles. The van der Waals surface area contributed by atoms with Crippen molar-refractivity contribution in [3.63, 3.8) is 0 Å². The average molecular weight is 438 g/mol. The highest BCUT2D eigenvalue weighted by Gasteiger charge is 2.46. The SMILES string of the molecule is O=C1CCC(=O)OC2(CNCCc3c2ccc(Cl)c3-n2nccc2-c2ccccc2)O1.